The van der Waals surface area contributed by atoms with E-state index in [4.69, 9.17) is 0 Å². The van der Waals surface area contributed by atoms with E-state index in [0.29, 0.717) is 31.5 Å². The maximum Gasteiger partial charge on any atom is 0.253 e. The maximum atomic E-state index is 12.9. The highest BCUT2D eigenvalue weighted by molar-refractivity contribution is 5.95. The largest absolute Gasteiger partial charge is 0.392 e. The van der Waals surface area contributed by atoms with Gasteiger partial charge in [-0.3, -0.25) is 9.59 Å². The lowest BCUT2D eigenvalue weighted by Gasteiger charge is -2.46. The molecule has 4 rings (SSSR count). The van der Waals surface area contributed by atoms with Gasteiger partial charge in [0.25, 0.3) is 5.91 Å². The Morgan fingerprint density at radius 3 is 2.81 bits per heavy atom. The Labute approximate surface area is 151 Å². The summed E-state index contributed by atoms with van der Waals surface area (Å²) in [6.45, 7) is 1.36. The van der Waals surface area contributed by atoms with E-state index >= 15 is 0 Å². The average Bonchev–Trinajstić information content (AvgIpc) is 3.20. The van der Waals surface area contributed by atoms with E-state index in [1.807, 2.05) is 22.9 Å². The van der Waals surface area contributed by atoms with Crippen LogP contribution in [0.2, 0.25) is 0 Å². The number of aromatic nitrogens is 2. The molecule has 3 heterocycles. The fourth-order valence-corrected chi connectivity index (χ4v) is 3.99. The van der Waals surface area contributed by atoms with Crippen molar-refractivity contribution in [1.29, 1.82) is 0 Å². The molecular formula is C19H22N4O3. The van der Waals surface area contributed by atoms with Crippen molar-refractivity contribution < 1.29 is 14.7 Å². The normalized spacial score (nSPS) is 26.0. The zero-order valence-corrected chi connectivity index (χ0v) is 14.5. The van der Waals surface area contributed by atoms with Gasteiger partial charge in [0.2, 0.25) is 5.91 Å². The van der Waals surface area contributed by atoms with Crippen molar-refractivity contribution >= 4 is 11.8 Å². The third kappa shape index (κ3) is 2.78. The molecule has 2 aliphatic rings. The van der Waals surface area contributed by atoms with Gasteiger partial charge in [-0.2, -0.15) is 0 Å². The summed E-state index contributed by atoms with van der Waals surface area (Å²) in [4.78, 5) is 31.1. The molecular weight excluding hydrogens is 332 g/mol. The zero-order valence-electron chi connectivity index (χ0n) is 14.5. The Hall–Kier alpha value is -2.67. The van der Waals surface area contributed by atoms with E-state index in [2.05, 4.69) is 10.3 Å². The molecule has 136 valence electrons. The molecule has 1 aromatic heterocycles. The summed E-state index contributed by atoms with van der Waals surface area (Å²) in [5, 5.41) is 13.3. The molecule has 0 unspecified atom stereocenters. The van der Waals surface area contributed by atoms with Gasteiger partial charge in [-0.05, 0) is 43.5 Å². The third-order valence-corrected chi connectivity index (χ3v) is 5.52. The Kier molecular flexibility index (Phi) is 4.24. The Morgan fingerprint density at radius 2 is 2.12 bits per heavy atom. The molecule has 0 bridgehead atoms. The van der Waals surface area contributed by atoms with Crippen molar-refractivity contribution in [3.8, 4) is 5.69 Å². The number of imidazole rings is 1. The number of carbonyl (C=O) groups excluding carboxylic acids is 2. The predicted molar refractivity (Wildman–Crippen MR) is 94.8 cm³/mol. The molecule has 7 heteroatoms. The second-order valence-electron chi connectivity index (χ2n) is 7.06. The first kappa shape index (κ1) is 16.8. The van der Waals surface area contributed by atoms with Gasteiger partial charge in [0.05, 0.1) is 17.8 Å². The average molecular weight is 354 g/mol. The molecule has 2 aliphatic heterocycles. The minimum atomic E-state index is -0.872. The quantitative estimate of drug-likeness (QED) is 0.841. The van der Waals surface area contributed by atoms with Crippen molar-refractivity contribution in [1.82, 2.24) is 19.8 Å². The van der Waals surface area contributed by atoms with E-state index in [1.165, 1.54) is 0 Å². The third-order valence-electron chi connectivity index (χ3n) is 5.52. The number of carbonyl (C=O) groups is 2. The van der Waals surface area contributed by atoms with Crippen LogP contribution >= 0.6 is 0 Å². The van der Waals surface area contributed by atoms with Crippen molar-refractivity contribution in [2.24, 2.45) is 5.41 Å². The van der Waals surface area contributed by atoms with Gasteiger partial charge >= 0.3 is 0 Å². The number of likely N-dealkylation sites (tertiary alicyclic amines) is 1. The first-order chi connectivity index (χ1) is 12.6. The number of nitrogens with zero attached hydrogens (tertiary/aromatic N) is 3. The highest BCUT2D eigenvalue weighted by Gasteiger charge is 2.50. The van der Waals surface area contributed by atoms with Gasteiger partial charge in [-0.15, -0.1) is 0 Å². The molecule has 2 fully saturated rings. The van der Waals surface area contributed by atoms with Gasteiger partial charge in [-0.25, -0.2) is 4.98 Å². The summed E-state index contributed by atoms with van der Waals surface area (Å²) in [7, 11) is 0. The fraction of sp³-hybridized carbons (Fsp3) is 0.421. The summed E-state index contributed by atoms with van der Waals surface area (Å²) in [5.41, 5.74) is 0.635. The number of piperidine rings is 2. The lowest BCUT2D eigenvalue weighted by atomic mass is 9.71. The van der Waals surface area contributed by atoms with Gasteiger partial charge in [-0.1, -0.05) is 0 Å². The number of aliphatic hydroxyl groups excluding tert-OH is 1. The molecule has 2 aromatic rings. The van der Waals surface area contributed by atoms with Crippen molar-refractivity contribution in [3.63, 3.8) is 0 Å². The van der Waals surface area contributed by atoms with Crippen LogP contribution in [0.4, 0.5) is 0 Å². The van der Waals surface area contributed by atoms with Crippen LogP contribution in [0.15, 0.2) is 43.0 Å². The van der Waals surface area contributed by atoms with Crippen molar-refractivity contribution in [2.45, 2.75) is 25.4 Å². The molecule has 7 nitrogen and oxygen atoms in total. The van der Waals surface area contributed by atoms with Crippen LogP contribution in [-0.4, -0.2) is 57.1 Å². The number of amides is 2. The number of hydrogen-bond acceptors (Lipinski definition) is 4. The summed E-state index contributed by atoms with van der Waals surface area (Å²) >= 11 is 0. The molecule has 0 radical (unpaired) electrons. The van der Waals surface area contributed by atoms with Gasteiger partial charge < -0.3 is 19.9 Å². The topological polar surface area (TPSA) is 87.5 Å². The SMILES string of the molecule is O=C(c1ccc(-n2ccnc2)cc1)N1CC[C@H](O)[C@@]2(CCCNC2=O)C1. The van der Waals surface area contributed by atoms with E-state index in [0.717, 1.165) is 12.1 Å². The van der Waals surface area contributed by atoms with Gasteiger partial charge in [0, 0.05) is 43.3 Å². The lowest BCUT2D eigenvalue weighted by molar-refractivity contribution is -0.147. The molecule has 0 saturated carbocycles. The van der Waals surface area contributed by atoms with Crippen LogP contribution in [0.1, 0.15) is 29.6 Å². The molecule has 1 spiro atoms. The number of aliphatic hydroxyl groups is 1. The molecule has 0 aliphatic carbocycles. The Balaban J connectivity index is 1.53. The molecule has 2 amide bonds. The fourth-order valence-electron chi connectivity index (χ4n) is 3.99. The second kappa shape index (κ2) is 6.57. The van der Waals surface area contributed by atoms with Crippen molar-refractivity contribution in [2.75, 3.05) is 19.6 Å². The van der Waals surface area contributed by atoms with E-state index in [-0.39, 0.29) is 18.4 Å². The first-order valence-electron chi connectivity index (χ1n) is 8.94. The number of nitrogens with one attached hydrogen (secondary N) is 1. The van der Waals surface area contributed by atoms with E-state index < -0.39 is 11.5 Å². The highest BCUT2D eigenvalue weighted by Crippen LogP contribution is 2.37. The van der Waals surface area contributed by atoms with Crippen LogP contribution in [0.5, 0.6) is 0 Å². The standard InChI is InChI=1S/C19H22N4O3/c24-16-6-10-22(12-19(16)7-1-8-21-18(19)26)17(25)14-2-4-15(5-3-14)23-11-9-20-13-23/h2-5,9,11,13,16,24H,1,6-8,10,12H2,(H,21,26)/t16-,19+/m0/s1. The van der Waals surface area contributed by atoms with Crippen LogP contribution in [0, 0.1) is 5.41 Å². The molecule has 26 heavy (non-hydrogen) atoms. The molecule has 1 aromatic carbocycles. The minimum absolute atomic E-state index is 0.105. The summed E-state index contributed by atoms with van der Waals surface area (Å²) in [6, 6.07) is 7.32. The smallest absolute Gasteiger partial charge is 0.253 e. The van der Waals surface area contributed by atoms with Crippen LogP contribution in [0.3, 0.4) is 0 Å². The molecule has 2 saturated heterocycles. The van der Waals surface area contributed by atoms with Crippen LogP contribution in [0.25, 0.3) is 5.69 Å². The minimum Gasteiger partial charge on any atom is -0.392 e. The number of rotatable bonds is 2. The van der Waals surface area contributed by atoms with Gasteiger partial charge in [0.15, 0.2) is 0 Å². The van der Waals surface area contributed by atoms with E-state index in [9.17, 15) is 14.7 Å². The maximum absolute atomic E-state index is 12.9. The zero-order chi connectivity index (χ0) is 18.1. The predicted octanol–water partition coefficient (Wildman–Crippen LogP) is 0.975. The summed E-state index contributed by atoms with van der Waals surface area (Å²) in [6.07, 6.45) is 6.41. The van der Waals surface area contributed by atoms with Crippen molar-refractivity contribution in [3.05, 3.63) is 48.5 Å². The summed E-state index contributed by atoms with van der Waals surface area (Å²) < 4.78 is 1.87. The highest BCUT2D eigenvalue weighted by atomic mass is 16.3. The molecule has 2 atom stereocenters. The lowest BCUT2D eigenvalue weighted by Crippen LogP contribution is -2.62. The van der Waals surface area contributed by atoms with Crippen LogP contribution in [-0.2, 0) is 4.79 Å². The molecule has 2 N–H and O–H groups in total. The first-order valence-corrected chi connectivity index (χ1v) is 8.94. The monoisotopic (exact) mass is 354 g/mol. The summed E-state index contributed by atoms with van der Waals surface area (Å²) in [5.74, 6) is -0.240. The Morgan fingerprint density at radius 1 is 1.31 bits per heavy atom. The van der Waals surface area contributed by atoms with Gasteiger partial charge in [0.1, 0.15) is 0 Å². The second-order valence-corrected chi connectivity index (χ2v) is 7.06. The number of benzene rings is 1. The number of hydrogen-bond donors (Lipinski definition) is 2. The Bertz CT molecular complexity index is 803. The van der Waals surface area contributed by atoms with Crippen LogP contribution < -0.4 is 5.32 Å². The van der Waals surface area contributed by atoms with E-state index in [1.54, 1.807) is 29.6 Å².